The number of amides is 2. The summed E-state index contributed by atoms with van der Waals surface area (Å²) in [6.07, 6.45) is 5.18. The molecule has 0 aromatic heterocycles. The molecule has 3 aliphatic heterocycles. The number of rotatable bonds is 2. The topological polar surface area (TPSA) is 40.6 Å². The fourth-order valence-electron chi connectivity index (χ4n) is 4.01. The molecule has 2 amide bonds. The van der Waals surface area contributed by atoms with Crippen LogP contribution in [0.25, 0.3) is 0 Å². The van der Waals surface area contributed by atoms with Gasteiger partial charge in [0.2, 0.25) is 11.8 Å². The predicted octanol–water partition coefficient (Wildman–Crippen LogP) is 2.13. The van der Waals surface area contributed by atoms with E-state index in [9.17, 15) is 9.59 Å². The van der Waals surface area contributed by atoms with Crippen LogP contribution < -0.4 is 0 Å². The number of hydrogen-bond donors (Lipinski definition) is 0. The lowest BCUT2D eigenvalue weighted by atomic mass is 9.89. The van der Waals surface area contributed by atoms with Crippen LogP contribution in [-0.2, 0) is 9.59 Å². The normalized spacial score (nSPS) is 34.3. The van der Waals surface area contributed by atoms with Gasteiger partial charge in [-0.05, 0) is 43.8 Å². The summed E-state index contributed by atoms with van der Waals surface area (Å²) in [4.78, 5) is 29.8. The number of hydrogen-bond acceptors (Lipinski definition) is 3. The van der Waals surface area contributed by atoms with Gasteiger partial charge in [0.05, 0.1) is 0 Å². The zero-order valence-electron chi connectivity index (χ0n) is 13.1. The minimum Gasteiger partial charge on any atom is -0.329 e. The monoisotopic (exact) mass is 310 g/mol. The minimum atomic E-state index is -0.240. The van der Waals surface area contributed by atoms with Gasteiger partial charge < -0.3 is 9.80 Å². The van der Waals surface area contributed by atoms with E-state index in [1.807, 2.05) is 21.6 Å². The largest absolute Gasteiger partial charge is 0.329 e. The van der Waals surface area contributed by atoms with E-state index >= 15 is 0 Å². The molecule has 5 heteroatoms. The summed E-state index contributed by atoms with van der Waals surface area (Å²) in [5, 5.41) is 0. The summed E-state index contributed by atoms with van der Waals surface area (Å²) in [6.45, 7) is 4.91. The van der Waals surface area contributed by atoms with Crippen molar-refractivity contribution in [1.82, 2.24) is 9.80 Å². The van der Waals surface area contributed by atoms with E-state index in [1.54, 1.807) is 0 Å². The molecule has 0 aromatic carbocycles. The maximum Gasteiger partial charge on any atom is 0.246 e. The molecule has 3 atom stereocenters. The van der Waals surface area contributed by atoms with Gasteiger partial charge in [-0.1, -0.05) is 13.8 Å². The molecule has 0 saturated carbocycles. The molecule has 3 saturated heterocycles. The Labute approximate surface area is 131 Å². The Hall–Kier alpha value is -0.710. The molecule has 4 nitrogen and oxygen atoms in total. The van der Waals surface area contributed by atoms with Crippen LogP contribution in [-0.4, -0.2) is 57.8 Å². The van der Waals surface area contributed by atoms with Gasteiger partial charge in [0.25, 0.3) is 0 Å². The maximum absolute atomic E-state index is 13.0. The van der Waals surface area contributed by atoms with Crippen molar-refractivity contribution in [2.75, 3.05) is 18.1 Å². The number of nitrogens with zero attached hydrogens (tertiary/aromatic N) is 2. The number of carbonyl (C=O) groups excluding carboxylic acids is 2. The first-order chi connectivity index (χ1) is 10.1. The Bertz CT molecular complexity index is 421. The molecule has 3 aliphatic rings. The van der Waals surface area contributed by atoms with Gasteiger partial charge in [-0.2, -0.15) is 11.8 Å². The minimum absolute atomic E-state index is 0.173. The van der Waals surface area contributed by atoms with Gasteiger partial charge in [-0.15, -0.1) is 0 Å². The third-order valence-electron chi connectivity index (χ3n) is 5.04. The lowest BCUT2D eigenvalue weighted by Crippen LogP contribution is -2.69. The van der Waals surface area contributed by atoms with E-state index in [1.165, 1.54) is 5.75 Å². The van der Waals surface area contributed by atoms with Crippen LogP contribution in [0.5, 0.6) is 0 Å². The highest BCUT2D eigenvalue weighted by Crippen LogP contribution is 2.33. The van der Waals surface area contributed by atoms with E-state index in [2.05, 4.69) is 13.8 Å². The van der Waals surface area contributed by atoms with Crippen molar-refractivity contribution < 1.29 is 9.59 Å². The lowest BCUT2D eigenvalue weighted by Gasteiger charge is -2.51. The predicted molar refractivity (Wildman–Crippen MR) is 85.2 cm³/mol. The van der Waals surface area contributed by atoms with Gasteiger partial charge in [-0.25, -0.2) is 0 Å². The second-order valence-electron chi connectivity index (χ2n) is 6.85. The molecule has 3 fully saturated rings. The Morgan fingerprint density at radius 3 is 2.57 bits per heavy atom. The summed E-state index contributed by atoms with van der Waals surface area (Å²) in [6, 6.07) is -0.152. The Morgan fingerprint density at radius 1 is 1.10 bits per heavy atom. The van der Waals surface area contributed by atoms with E-state index in [0.717, 1.165) is 44.4 Å². The third-order valence-corrected chi connectivity index (χ3v) is 6.24. The van der Waals surface area contributed by atoms with Crippen molar-refractivity contribution in [1.29, 1.82) is 0 Å². The summed E-state index contributed by atoms with van der Waals surface area (Å²) in [5.74, 6) is 2.80. The van der Waals surface area contributed by atoms with Crippen LogP contribution in [0.2, 0.25) is 0 Å². The maximum atomic E-state index is 13.0. The number of piperazine rings is 1. The van der Waals surface area contributed by atoms with Crippen molar-refractivity contribution in [3.05, 3.63) is 0 Å². The van der Waals surface area contributed by atoms with Crippen molar-refractivity contribution in [3.63, 3.8) is 0 Å². The van der Waals surface area contributed by atoms with E-state index in [0.29, 0.717) is 0 Å². The highest BCUT2D eigenvalue weighted by atomic mass is 32.2. The molecule has 0 radical (unpaired) electrons. The van der Waals surface area contributed by atoms with Crippen LogP contribution in [0.15, 0.2) is 0 Å². The van der Waals surface area contributed by atoms with E-state index in [-0.39, 0.29) is 35.9 Å². The van der Waals surface area contributed by atoms with Crippen molar-refractivity contribution in [2.45, 2.75) is 64.1 Å². The van der Waals surface area contributed by atoms with Crippen LogP contribution in [0.4, 0.5) is 0 Å². The van der Waals surface area contributed by atoms with Crippen LogP contribution in [0.1, 0.15) is 46.0 Å². The van der Waals surface area contributed by atoms with Crippen molar-refractivity contribution >= 4 is 23.6 Å². The first-order valence-corrected chi connectivity index (χ1v) is 9.47. The molecule has 0 aromatic rings. The zero-order valence-corrected chi connectivity index (χ0v) is 13.9. The van der Waals surface area contributed by atoms with Gasteiger partial charge >= 0.3 is 0 Å². The van der Waals surface area contributed by atoms with Gasteiger partial charge in [0, 0.05) is 18.3 Å². The van der Waals surface area contributed by atoms with Gasteiger partial charge in [-0.3, -0.25) is 9.59 Å². The van der Waals surface area contributed by atoms with Gasteiger partial charge in [0.15, 0.2) is 0 Å². The van der Waals surface area contributed by atoms with E-state index in [4.69, 9.17) is 0 Å². The first kappa shape index (κ1) is 15.2. The summed E-state index contributed by atoms with van der Waals surface area (Å²) in [7, 11) is 0. The molecule has 3 rings (SSSR count). The van der Waals surface area contributed by atoms with Gasteiger partial charge in [0.1, 0.15) is 12.1 Å². The molecule has 0 bridgehead atoms. The third kappa shape index (κ3) is 2.69. The zero-order chi connectivity index (χ0) is 15.0. The quantitative estimate of drug-likeness (QED) is 0.784. The van der Waals surface area contributed by atoms with Crippen molar-refractivity contribution in [2.24, 2.45) is 5.92 Å². The van der Waals surface area contributed by atoms with E-state index < -0.39 is 0 Å². The fourth-order valence-corrected chi connectivity index (χ4v) is 5.14. The SMILES string of the molecule is CC(C)C1C(=O)N2CCCCC2C(=O)N1C1CCCSC1. The number of fused-ring (bicyclic) bond motifs is 1. The summed E-state index contributed by atoms with van der Waals surface area (Å²) >= 11 is 1.92. The van der Waals surface area contributed by atoms with Crippen molar-refractivity contribution in [3.8, 4) is 0 Å². The molecule has 21 heavy (non-hydrogen) atoms. The Kier molecular flexibility index (Phi) is 4.48. The smallest absolute Gasteiger partial charge is 0.246 e. The Balaban J connectivity index is 1.90. The molecule has 0 aliphatic carbocycles. The number of piperidine rings is 1. The second kappa shape index (κ2) is 6.19. The number of carbonyl (C=O) groups is 2. The highest BCUT2D eigenvalue weighted by Gasteiger charge is 2.49. The second-order valence-corrected chi connectivity index (χ2v) is 8.00. The highest BCUT2D eigenvalue weighted by molar-refractivity contribution is 7.99. The Morgan fingerprint density at radius 2 is 1.90 bits per heavy atom. The first-order valence-electron chi connectivity index (χ1n) is 8.31. The molecule has 3 heterocycles. The molecular weight excluding hydrogens is 284 g/mol. The molecule has 3 unspecified atom stereocenters. The average Bonchev–Trinajstić information content (AvgIpc) is 2.51. The fraction of sp³-hybridized carbons (Fsp3) is 0.875. The van der Waals surface area contributed by atoms with Crippen LogP contribution in [0, 0.1) is 5.92 Å². The van der Waals surface area contributed by atoms with Crippen LogP contribution in [0.3, 0.4) is 0 Å². The number of thioether (sulfide) groups is 1. The molecule has 0 N–H and O–H groups in total. The molecular formula is C16H26N2O2S. The molecule has 118 valence electrons. The van der Waals surface area contributed by atoms with Crippen LogP contribution >= 0.6 is 11.8 Å². The summed E-state index contributed by atoms with van der Waals surface area (Å²) < 4.78 is 0. The average molecular weight is 310 g/mol. The molecule has 0 spiro atoms. The summed E-state index contributed by atoms with van der Waals surface area (Å²) in [5.41, 5.74) is 0. The standard InChI is InChI=1S/C16H26N2O2S/c1-11(2)14-16(20)17-8-4-3-7-13(17)15(19)18(14)12-6-5-9-21-10-12/h11-14H,3-10H2,1-2H3. The lowest BCUT2D eigenvalue weighted by molar-refractivity contribution is -0.168.